The van der Waals surface area contributed by atoms with Crippen molar-refractivity contribution in [1.29, 1.82) is 0 Å². The maximum atomic E-state index is 2.46. The number of hydrogen-bond donors (Lipinski definition) is 0. The summed E-state index contributed by atoms with van der Waals surface area (Å²) in [6.07, 6.45) is 26.8. The fourth-order valence-corrected chi connectivity index (χ4v) is 6.36. The van der Waals surface area contributed by atoms with Gasteiger partial charge in [0.15, 0.2) is 0 Å². The Labute approximate surface area is 364 Å². The molecule has 4 aliphatic carbocycles. The molecule has 58 heavy (non-hydrogen) atoms. The number of fused-ring (bicyclic) bond motifs is 1. The van der Waals surface area contributed by atoms with Crippen LogP contribution in [0.4, 0.5) is 0 Å². The highest BCUT2D eigenvalue weighted by atomic mass is 14.3. The fourth-order valence-electron chi connectivity index (χ4n) is 6.36. The van der Waals surface area contributed by atoms with E-state index in [0.29, 0.717) is 0 Å². The number of hydrogen-bond acceptors (Lipinski definition) is 0. The van der Waals surface area contributed by atoms with Gasteiger partial charge in [-0.3, -0.25) is 0 Å². The molecular weight excluding hydrogens is 697 g/mol. The summed E-state index contributed by atoms with van der Waals surface area (Å²) in [6.45, 7) is 37.0. The monoisotopic (exact) mass is 791 g/mol. The average Bonchev–Trinajstić information content (AvgIpc) is 3.32. The molecule has 3 aromatic rings. The molecule has 2 atom stereocenters. The Morgan fingerprint density at radius 2 is 1.05 bits per heavy atom. The van der Waals surface area contributed by atoms with Gasteiger partial charge in [0.25, 0.3) is 0 Å². The van der Waals surface area contributed by atoms with Crippen LogP contribution in [0.25, 0.3) is 5.57 Å². The standard InChI is InChI=1S/C17H20.C17H18.C8H10.C4H10.6C2H6/c2*1-13-6-8-15(9-7-13)17-11-10-14-4-2-3-5-16(14)12-17;1-7-3-5-8(2)6-4-7;1-3-4-2;6*1-2/h2-6,8-9,13,17H,7,10-12H2,1H3;3,5-9,12H,2,4,10-11H2,1H3;3-6H,1-2H3;3-4H2,1-2H3;6*1-2H3. The predicted molar refractivity (Wildman–Crippen MR) is 271 cm³/mol. The van der Waals surface area contributed by atoms with Gasteiger partial charge >= 0.3 is 0 Å². The van der Waals surface area contributed by atoms with Crippen molar-refractivity contribution in [3.8, 4) is 0 Å². The Bertz CT molecular complexity index is 1490. The van der Waals surface area contributed by atoms with Crippen LogP contribution in [0, 0.1) is 32.6 Å². The summed E-state index contributed by atoms with van der Waals surface area (Å²) in [4.78, 5) is 0. The molecular formula is C58H94. The smallest absolute Gasteiger partial charge is 0.0121 e. The molecule has 0 spiro atoms. The molecule has 0 aliphatic heterocycles. The third-order valence-corrected chi connectivity index (χ3v) is 9.65. The van der Waals surface area contributed by atoms with Crippen LogP contribution in [-0.2, 0) is 12.8 Å². The Balaban J connectivity index is -0.000000687. The van der Waals surface area contributed by atoms with Crippen LogP contribution < -0.4 is 0 Å². The first kappa shape index (κ1) is 58.7. The Kier molecular flexibility index (Phi) is 40.6. The minimum absolute atomic E-state index is 0.731. The summed E-state index contributed by atoms with van der Waals surface area (Å²) in [5.74, 6) is 1.49. The third kappa shape index (κ3) is 24.3. The lowest BCUT2D eigenvalue weighted by Crippen LogP contribution is -2.16. The van der Waals surface area contributed by atoms with Gasteiger partial charge in [-0.2, -0.15) is 0 Å². The van der Waals surface area contributed by atoms with Crippen LogP contribution in [-0.4, -0.2) is 0 Å². The zero-order valence-corrected chi connectivity index (χ0v) is 41.6. The molecule has 2 unspecified atom stereocenters. The molecule has 3 aromatic carbocycles. The highest BCUT2D eigenvalue weighted by Crippen LogP contribution is 2.35. The minimum atomic E-state index is 0.731. The van der Waals surface area contributed by atoms with Gasteiger partial charge in [-0.05, 0) is 117 Å². The molecule has 326 valence electrons. The summed E-state index contributed by atoms with van der Waals surface area (Å²) in [6, 6.07) is 26.3. The van der Waals surface area contributed by atoms with Crippen molar-refractivity contribution in [2.24, 2.45) is 11.8 Å². The van der Waals surface area contributed by atoms with E-state index in [0.717, 1.165) is 11.8 Å². The zero-order valence-electron chi connectivity index (χ0n) is 41.6. The molecule has 0 fully saturated rings. The predicted octanol–water partition coefficient (Wildman–Crippen LogP) is 19.4. The largest absolute Gasteiger partial charge is 0.0836 e. The number of benzene rings is 3. The van der Waals surface area contributed by atoms with Gasteiger partial charge in [-0.1, -0.05) is 248 Å². The van der Waals surface area contributed by atoms with Crippen molar-refractivity contribution in [2.75, 3.05) is 0 Å². The van der Waals surface area contributed by atoms with E-state index in [1.807, 2.05) is 83.1 Å². The maximum absolute atomic E-state index is 2.46. The topological polar surface area (TPSA) is 0 Å². The van der Waals surface area contributed by atoms with E-state index in [1.54, 1.807) is 22.3 Å². The van der Waals surface area contributed by atoms with E-state index < -0.39 is 0 Å². The third-order valence-electron chi connectivity index (χ3n) is 9.65. The van der Waals surface area contributed by atoms with Crippen molar-refractivity contribution in [3.05, 3.63) is 159 Å². The Morgan fingerprint density at radius 1 is 0.552 bits per heavy atom. The van der Waals surface area contributed by atoms with Gasteiger partial charge in [0, 0.05) is 0 Å². The van der Waals surface area contributed by atoms with E-state index in [2.05, 4.69) is 151 Å². The van der Waals surface area contributed by atoms with Crippen molar-refractivity contribution >= 4 is 5.57 Å². The summed E-state index contributed by atoms with van der Waals surface area (Å²) in [7, 11) is 0. The fraction of sp³-hybridized carbons (Fsp3) is 0.517. The normalized spacial score (nSPS) is 16.0. The first-order chi connectivity index (χ1) is 28.4. The molecule has 0 heteroatoms. The number of allylic oxidation sites excluding steroid dienone is 10. The summed E-state index contributed by atoms with van der Waals surface area (Å²) in [5, 5.41) is 0. The highest BCUT2D eigenvalue weighted by molar-refractivity contribution is 5.72. The Hall–Kier alpha value is -3.64. The summed E-state index contributed by atoms with van der Waals surface area (Å²) >= 11 is 0. The number of unbranched alkanes of at least 4 members (excludes halogenated alkanes) is 1. The molecule has 0 saturated carbocycles. The van der Waals surface area contributed by atoms with Gasteiger partial charge < -0.3 is 0 Å². The summed E-state index contributed by atoms with van der Waals surface area (Å²) < 4.78 is 0. The number of aryl methyl sites for hydroxylation is 4. The van der Waals surface area contributed by atoms with Gasteiger partial charge in [-0.15, -0.1) is 0 Å². The van der Waals surface area contributed by atoms with E-state index in [4.69, 9.17) is 0 Å². The number of rotatable bonds is 3. The van der Waals surface area contributed by atoms with Gasteiger partial charge in [0.05, 0.1) is 0 Å². The van der Waals surface area contributed by atoms with Crippen molar-refractivity contribution in [3.63, 3.8) is 0 Å². The Morgan fingerprint density at radius 3 is 1.53 bits per heavy atom. The molecule has 0 nitrogen and oxygen atoms in total. The van der Waals surface area contributed by atoms with Gasteiger partial charge in [0.1, 0.15) is 0 Å². The van der Waals surface area contributed by atoms with Crippen LogP contribution in [0.2, 0.25) is 0 Å². The van der Waals surface area contributed by atoms with E-state index >= 15 is 0 Å². The van der Waals surface area contributed by atoms with Crippen molar-refractivity contribution in [2.45, 2.75) is 189 Å². The van der Waals surface area contributed by atoms with Crippen LogP contribution in [0.1, 0.15) is 189 Å². The lowest BCUT2D eigenvalue weighted by atomic mass is 9.78. The minimum Gasteiger partial charge on any atom is -0.0836 e. The quantitative estimate of drug-likeness (QED) is 0.248. The molecule has 0 radical (unpaired) electrons. The van der Waals surface area contributed by atoms with Crippen molar-refractivity contribution in [1.82, 2.24) is 0 Å². The second kappa shape index (κ2) is 40.2. The maximum Gasteiger partial charge on any atom is -0.0121 e. The molecule has 0 amide bonds. The SMILES string of the molecule is CC.CC.CC.CC.CC.CC.CC1C=CC(C2CCc3ccccc3C2)=CC1.CCCC.Cc1ccc(C)cc1.Cc1ccc(C2=CC3=C(CCC=C3)CC2)cc1. The molecule has 0 saturated heterocycles. The average molecular weight is 791 g/mol. The van der Waals surface area contributed by atoms with E-state index in [-0.39, 0.29) is 0 Å². The zero-order chi connectivity index (χ0) is 44.7. The first-order valence-electron chi connectivity index (χ1n) is 24.0. The molecule has 0 N–H and O–H groups in total. The summed E-state index contributed by atoms with van der Waals surface area (Å²) in [5.41, 5.74) is 14.7. The van der Waals surface area contributed by atoms with Crippen LogP contribution in [0.15, 0.2) is 126 Å². The second-order valence-electron chi connectivity index (χ2n) is 13.7. The van der Waals surface area contributed by atoms with E-state index in [1.165, 1.54) is 97.6 Å². The van der Waals surface area contributed by atoms with Gasteiger partial charge in [0.2, 0.25) is 0 Å². The van der Waals surface area contributed by atoms with Gasteiger partial charge in [-0.25, -0.2) is 0 Å². The van der Waals surface area contributed by atoms with Crippen molar-refractivity contribution < 1.29 is 0 Å². The van der Waals surface area contributed by atoms with Crippen LogP contribution >= 0.6 is 0 Å². The van der Waals surface area contributed by atoms with E-state index in [9.17, 15) is 0 Å². The highest BCUT2D eigenvalue weighted by Gasteiger charge is 2.21. The second-order valence-corrected chi connectivity index (χ2v) is 13.7. The van der Waals surface area contributed by atoms with Crippen LogP contribution in [0.3, 0.4) is 0 Å². The molecule has 0 bridgehead atoms. The molecule has 4 aliphatic rings. The molecule has 0 aromatic heterocycles. The molecule has 0 heterocycles. The first-order valence-corrected chi connectivity index (χ1v) is 24.0. The lowest BCUT2D eigenvalue weighted by molar-refractivity contribution is 0.527. The lowest BCUT2D eigenvalue weighted by Gasteiger charge is -2.27. The van der Waals surface area contributed by atoms with Crippen LogP contribution in [0.5, 0.6) is 0 Å². The molecule has 7 rings (SSSR count).